The minimum atomic E-state index is 0.568. The third-order valence-electron chi connectivity index (χ3n) is 2.36. The second-order valence-electron chi connectivity index (χ2n) is 3.95. The highest BCUT2D eigenvalue weighted by Gasteiger charge is 2.04. The monoisotopic (exact) mass is 249 g/mol. The van der Waals surface area contributed by atoms with Crippen LogP contribution >= 0.6 is 15.9 Å². The first-order chi connectivity index (χ1) is 6.18. The first-order valence-corrected chi connectivity index (χ1v) is 6.40. The van der Waals surface area contributed by atoms with Gasteiger partial charge in [0, 0.05) is 0 Å². The number of nitrogens with zero attached hydrogens (tertiary/aromatic N) is 1. The molecule has 0 radical (unpaired) electrons. The average Bonchev–Trinajstić information content (AvgIpc) is 2.10. The van der Waals surface area contributed by atoms with Crippen LogP contribution in [0.5, 0.6) is 0 Å². The third-order valence-corrected chi connectivity index (χ3v) is 3.63. The summed E-state index contributed by atoms with van der Waals surface area (Å²) < 4.78 is 0. The Morgan fingerprint density at radius 1 is 1.00 bits per heavy atom. The Kier molecular flexibility index (Phi) is 9.32. The van der Waals surface area contributed by atoms with E-state index in [2.05, 4.69) is 41.8 Å². The van der Waals surface area contributed by atoms with Gasteiger partial charge in [-0.15, -0.1) is 0 Å². The Labute approximate surface area is 92.0 Å². The molecule has 0 heterocycles. The lowest BCUT2D eigenvalue weighted by Crippen LogP contribution is -2.21. The molecule has 2 heteroatoms. The quantitative estimate of drug-likeness (QED) is 0.357. The van der Waals surface area contributed by atoms with Crippen LogP contribution in [-0.4, -0.2) is 23.9 Å². The molecule has 13 heavy (non-hydrogen) atoms. The van der Waals surface area contributed by atoms with E-state index in [0.717, 1.165) is 0 Å². The van der Waals surface area contributed by atoms with E-state index in [4.69, 9.17) is 0 Å². The van der Waals surface area contributed by atoms with Crippen LogP contribution in [0.4, 0.5) is 0 Å². The summed E-state index contributed by atoms with van der Waals surface area (Å²) in [6.45, 7) is 2.26. The minimum Gasteiger partial charge on any atom is -0.297 e. The standard InChI is InChI=1S/C11H24BrN/c1-4-5-6-7-8-9-10-11(12)13(2)3/h11H,4-10H2,1-3H3. The molecular weight excluding hydrogens is 226 g/mol. The van der Waals surface area contributed by atoms with Crippen molar-refractivity contribution in [3.8, 4) is 0 Å². The van der Waals surface area contributed by atoms with Crippen molar-refractivity contribution >= 4 is 15.9 Å². The highest BCUT2D eigenvalue weighted by atomic mass is 79.9. The Hall–Kier alpha value is 0.440. The molecule has 0 saturated heterocycles. The smallest absolute Gasteiger partial charge is 0.0650 e. The van der Waals surface area contributed by atoms with Gasteiger partial charge in [-0.1, -0.05) is 61.4 Å². The van der Waals surface area contributed by atoms with E-state index in [1.54, 1.807) is 0 Å². The molecule has 1 atom stereocenters. The maximum atomic E-state index is 3.65. The Balaban J connectivity index is 3.07. The number of halogens is 1. The number of alkyl halides is 1. The zero-order chi connectivity index (χ0) is 10.1. The molecule has 0 bridgehead atoms. The van der Waals surface area contributed by atoms with Crippen LogP contribution in [-0.2, 0) is 0 Å². The highest BCUT2D eigenvalue weighted by molar-refractivity contribution is 9.09. The van der Waals surface area contributed by atoms with Crippen molar-refractivity contribution < 1.29 is 0 Å². The van der Waals surface area contributed by atoms with Crippen LogP contribution in [0.2, 0.25) is 0 Å². The van der Waals surface area contributed by atoms with Gasteiger partial charge in [0.05, 0.1) is 4.95 Å². The van der Waals surface area contributed by atoms with Gasteiger partial charge in [0.2, 0.25) is 0 Å². The summed E-state index contributed by atoms with van der Waals surface area (Å²) in [6.07, 6.45) is 9.63. The molecule has 1 nitrogen and oxygen atoms in total. The van der Waals surface area contributed by atoms with Crippen LogP contribution in [0, 0.1) is 0 Å². The van der Waals surface area contributed by atoms with Gasteiger partial charge in [-0.2, -0.15) is 0 Å². The van der Waals surface area contributed by atoms with Gasteiger partial charge in [0.25, 0.3) is 0 Å². The first-order valence-electron chi connectivity index (χ1n) is 5.49. The predicted molar refractivity (Wildman–Crippen MR) is 64.4 cm³/mol. The van der Waals surface area contributed by atoms with E-state index in [1.807, 2.05) is 0 Å². The minimum absolute atomic E-state index is 0.568. The summed E-state index contributed by atoms with van der Waals surface area (Å²) in [6, 6.07) is 0. The molecule has 0 N–H and O–H groups in total. The lowest BCUT2D eigenvalue weighted by molar-refractivity contribution is 0.364. The average molecular weight is 250 g/mol. The van der Waals surface area contributed by atoms with Gasteiger partial charge in [-0.05, 0) is 20.5 Å². The van der Waals surface area contributed by atoms with Crippen molar-refractivity contribution in [1.82, 2.24) is 4.90 Å². The fourth-order valence-electron chi connectivity index (χ4n) is 1.35. The van der Waals surface area contributed by atoms with E-state index in [9.17, 15) is 0 Å². The molecule has 0 aliphatic heterocycles. The van der Waals surface area contributed by atoms with E-state index in [0.29, 0.717) is 4.95 Å². The fourth-order valence-corrected chi connectivity index (χ4v) is 1.68. The summed E-state index contributed by atoms with van der Waals surface area (Å²) in [4.78, 5) is 2.80. The Morgan fingerprint density at radius 3 is 2.08 bits per heavy atom. The largest absolute Gasteiger partial charge is 0.297 e. The molecule has 0 fully saturated rings. The molecule has 0 spiro atoms. The molecule has 0 aliphatic carbocycles. The van der Waals surface area contributed by atoms with Gasteiger partial charge >= 0.3 is 0 Å². The van der Waals surface area contributed by atoms with Crippen LogP contribution < -0.4 is 0 Å². The summed E-state index contributed by atoms with van der Waals surface area (Å²) in [5.41, 5.74) is 0. The van der Waals surface area contributed by atoms with E-state index in [-0.39, 0.29) is 0 Å². The van der Waals surface area contributed by atoms with Gasteiger partial charge in [-0.25, -0.2) is 0 Å². The van der Waals surface area contributed by atoms with E-state index in [1.165, 1.54) is 44.9 Å². The highest BCUT2D eigenvalue weighted by Crippen LogP contribution is 2.14. The predicted octanol–water partition coefficient (Wildman–Crippen LogP) is 4.02. The summed E-state index contributed by atoms with van der Waals surface area (Å²) in [5, 5.41) is 0. The molecule has 0 amide bonds. The SMILES string of the molecule is CCCCCCCCC(Br)N(C)C. The van der Waals surface area contributed by atoms with Gasteiger partial charge in [-0.3, -0.25) is 4.90 Å². The van der Waals surface area contributed by atoms with Crippen LogP contribution in [0.3, 0.4) is 0 Å². The lowest BCUT2D eigenvalue weighted by atomic mass is 10.1. The molecule has 0 aromatic carbocycles. The zero-order valence-electron chi connectivity index (χ0n) is 9.35. The van der Waals surface area contributed by atoms with Crippen molar-refractivity contribution in [2.24, 2.45) is 0 Å². The summed E-state index contributed by atoms with van der Waals surface area (Å²) in [5.74, 6) is 0. The van der Waals surface area contributed by atoms with Crippen molar-refractivity contribution in [2.75, 3.05) is 14.1 Å². The second kappa shape index (κ2) is 9.01. The number of hydrogen-bond acceptors (Lipinski definition) is 1. The van der Waals surface area contributed by atoms with E-state index < -0.39 is 0 Å². The second-order valence-corrected chi connectivity index (χ2v) is 5.01. The van der Waals surface area contributed by atoms with Crippen LogP contribution in [0.25, 0.3) is 0 Å². The zero-order valence-corrected chi connectivity index (χ0v) is 10.9. The molecule has 1 unspecified atom stereocenters. The molecular formula is C11H24BrN. The maximum absolute atomic E-state index is 3.65. The Morgan fingerprint density at radius 2 is 1.54 bits per heavy atom. The third kappa shape index (κ3) is 8.76. The normalized spacial score (nSPS) is 13.6. The van der Waals surface area contributed by atoms with Crippen LogP contribution in [0.15, 0.2) is 0 Å². The lowest BCUT2D eigenvalue weighted by Gasteiger charge is -2.17. The molecule has 0 rings (SSSR count). The molecule has 0 aromatic rings. The summed E-state index contributed by atoms with van der Waals surface area (Å²) >= 11 is 3.65. The van der Waals surface area contributed by atoms with Gasteiger partial charge in [0.1, 0.15) is 0 Å². The van der Waals surface area contributed by atoms with Crippen molar-refractivity contribution in [3.63, 3.8) is 0 Å². The number of hydrogen-bond donors (Lipinski definition) is 0. The summed E-state index contributed by atoms with van der Waals surface area (Å²) in [7, 11) is 4.24. The molecule has 0 aromatic heterocycles. The molecule has 80 valence electrons. The number of unbranched alkanes of at least 4 members (excludes halogenated alkanes) is 5. The molecule has 0 saturated carbocycles. The van der Waals surface area contributed by atoms with Crippen LogP contribution in [0.1, 0.15) is 51.9 Å². The van der Waals surface area contributed by atoms with Gasteiger partial charge in [0.15, 0.2) is 0 Å². The van der Waals surface area contributed by atoms with Crippen molar-refractivity contribution in [2.45, 2.75) is 56.8 Å². The first kappa shape index (κ1) is 13.4. The fraction of sp³-hybridized carbons (Fsp3) is 1.00. The Bertz CT molecular complexity index is 104. The van der Waals surface area contributed by atoms with Gasteiger partial charge < -0.3 is 0 Å². The van der Waals surface area contributed by atoms with Crippen molar-refractivity contribution in [3.05, 3.63) is 0 Å². The topological polar surface area (TPSA) is 3.24 Å². The maximum Gasteiger partial charge on any atom is 0.0650 e. The van der Waals surface area contributed by atoms with Crippen molar-refractivity contribution in [1.29, 1.82) is 0 Å². The van der Waals surface area contributed by atoms with E-state index >= 15 is 0 Å². The number of rotatable bonds is 8. The molecule has 0 aliphatic rings.